The van der Waals surface area contributed by atoms with Gasteiger partial charge in [-0.15, -0.1) is 6.58 Å². The van der Waals surface area contributed by atoms with Crippen LogP contribution >= 0.6 is 0 Å². The van der Waals surface area contributed by atoms with Crippen LogP contribution in [0.3, 0.4) is 0 Å². The Hall–Kier alpha value is -5.28. The highest BCUT2D eigenvalue weighted by Gasteiger charge is 2.50. The molecule has 3 aliphatic heterocycles. The number of amides is 8. The molecule has 3 heterocycles. The second-order valence-corrected chi connectivity index (χ2v) is 20.0. The third-order valence-electron chi connectivity index (χ3n) is 13.1. The molecule has 4 N–H and O–H groups in total. The van der Waals surface area contributed by atoms with Crippen LogP contribution in [-0.4, -0.2) is 119 Å². The van der Waals surface area contributed by atoms with Crippen molar-refractivity contribution < 1.29 is 43.1 Å². The number of Topliss-reactive ketones (excluding diaryl/α,β-unsaturated/α-hetero) is 1. The number of nitrogens with zero attached hydrogens (tertiary/aromatic N) is 3. The summed E-state index contributed by atoms with van der Waals surface area (Å²) in [5.74, 6) is -3.59. The molecular formula is C47H69N7O9. The Labute approximate surface area is 372 Å². The Balaban J connectivity index is 1.42. The molecule has 346 valence electrons. The number of carbonyl (C=O) groups is 8. The van der Waals surface area contributed by atoms with Gasteiger partial charge in [-0.1, -0.05) is 104 Å². The molecule has 16 heteroatoms. The van der Waals surface area contributed by atoms with Gasteiger partial charge >= 0.3 is 12.1 Å². The van der Waals surface area contributed by atoms with Gasteiger partial charge in [0.2, 0.25) is 29.4 Å². The van der Waals surface area contributed by atoms with Gasteiger partial charge in [-0.3, -0.25) is 33.7 Å². The Kier molecular flexibility index (Phi) is 15.8. The molecule has 5 rings (SSSR count). The van der Waals surface area contributed by atoms with Crippen molar-refractivity contribution in [1.29, 1.82) is 0 Å². The smallest absolute Gasteiger partial charge is 0.410 e. The van der Waals surface area contributed by atoms with Crippen molar-refractivity contribution in [1.82, 2.24) is 36.0 Å². The van der Waals surface area contributed by atoms with Crippen LogP contribution in [0.1, 0.15) is 124 Å². The van der Waals surface area contributed by atoms with Crippen LogP contribution in [0.2, 0.25) is 0 Å². The molecule has 0 bridgehead atoms. The van der Waals surface area contributed by atoms with Crippen LogP contribution in [-0.2, 0) is 46.5 Å². The Bertz CT molecular complexity index is 1900. The molecule has 63 heavy (non-hydrogen) atoms. The zero-order chi connectivity index (χ0) is 46.3. The van der Waals surface area contributed by atoms with Gasteiger partial charge < -0.3 is 35.8 Å². The maximum Gasteiger partial charge on any atom is 0.410 e. The normalized spacial score (nSPS) is 22.2. The van der Waals surface area contributed by atoms with Crippen LogP contribution in [0, 0.1) is 16.2 Å². The lowest BCUT2D eigenvalue weighted by atomic mass is 9.70. The summed E-state index contributed by atoms with van der Waals surface area (Å²) in [6, 6.07) is 2.95. The minimum Gasteiger partial charge on any atom is -0.444 e. The lowest BCUT2D eigenvalue weighted by molar-refractivity contribution is -0.153. The second kappa shape index (κ2) is 20.5. The highest BCUT2D eigenvalue weighted by molar-refractivity contribution is 6.38. The maximum atomic E-state index is 15.2. The summed E-state index contributed by atoms with van der Waals surface area (Å²) < 4.78 is 6.05. The largest absolute Gasteiger partial charge is 0.444 e. The van der Waals surface area contributed by atoms with E-state index in [2.05, 4.69) is 27.8 Å². The molecule has 8 amide bonds. The van der Waals surface area contributed by atoms with Crippen LogP contribution in [0.4, 0.5) is 9.59 Å². The predicted octanol–water partition coefficient (Wildman–Crippen LogP) is 4.54. The summed E-state index contributed by atoms with van der Waals surface area (Å²) in [6.07, 6.45) is 5.28. The molecule has 0 aromatic heterocycles. The molecule has 1 aliphatic carbocycles. The van der Waals surface area contributed by atoms with E-state index in [9.17, 15) is 33.6 Å². The zero-order valence-corrected chi connectivity index (χ0v) is 38.3. The summed E-state index contributed by atoms with van der Waals surface area (Å²) in [5.41, 5.74) is 0.332. The van der Waals surface area contributed by atoms with Crippen molar-refractivity contribution in [2.75, 3.05) is 26.2 Å². The minimum atomic E-state index is -1.22. The van der Waals surface area contributed by atoms with Crippen molar-refractivity contribution in [3.05, 3.63) is 48.0 Å². The predicted molar refractivity (Wildman–Crippen MR) is 236 cm³/mol. The molecule has 4 aliphatic rings. The van der Waals surface area contributed by atoms with E-state index in [-0.39, 0.29) is 57.1 Å². The molecule has 0 spiro atoms. The van der Waals surface area contributed by atoms with Gasteiger partial charge in [0.05, 0.1) is 18.6 Å². The molecule has 0 radical (unpaired) electrons. The second-order valence-electron chi connectivity index (χ2n) is 20.0. The first-order valence-corrected chi connectivity index (χ1v) is 22.6. The number of carbonyl (C=O) groups excluding carboxylic acids is 8. The molecule has 5 atom stereocenters. The van der Waals surface area contributed by atoms with E-state index in [1.54, 1.807) is 4.90 Å². The van der Waals surface area contributed by atoms with Gasteiger partial charge in [-0.2, -0.15) is 0 Å². The third kappa shape index (κ3) is 12.3. The monoisotopic (exact) mass is 876 g/mol. The van der Waals surface area contributed by atoms with E-state index in [1.165, 1.54) is 15.9 Å². The fraction of sp³-hybridized carbons (Fsp3) is 0.660. The fourth-order valence-electron chi connectivity index (χ4n) is 9.29. The van der Waals surface area contributed by atoms with Crippen molar-refractivity contribution in [2.24, 2.45) is 16.2 Å². The summed E-state index contributed by atoms with van der Waals surface area (Å²) in [4.78, 5) is 114. The molecule has 1 aromatic carbocycles. The Morgan fingerprint density at radius 1 is 0.937 bits per heavy atom. The van der Waals surface area contributed by atoms with E-state index in [0.717, 1.165) is 30.4 Å². The topological polar surface area (TPSA) is 204 Å². The van der Waals surface area contributed by atoms with Crippen LogP contribution in [0.15, 0.2) is 36.9 Å². The quantitative estimate of drug-likeness (QED) is 0.111. The van der Waals surface area contributed by atoms with Crippen molar-refractivity contribution in [3.8, 4) is 0 Å². The maximum absolute atomic E-state index is 15.2. The molecule has 3 fully saturated rings. The summed E-state index contributed by atoms with van der Waals surface area (Å²) in [7, 11) is 0. The number of imide groups is 1. The number of hydrogen-bond donors (Lipinski definition) is 4. The summed E-state index contributed by atoms with van der Waals surface area (Å²) in [5, 5.41) is 11.2. The number of piperidine rings is 1. The Morgan fingerprint density at radius 2 is 1.59 bits per heavy atom. The van der Waals surface area contributed by atoms with Crippen molar-refractivity contribution in [3.63, 3.8) is 0 Å². The number of hydrogen-bond acceptors (Lipinski definition) is 9. The van der Waals surface area contributed by atoms with E-state index < -0.39 is 82.1 Å². The molecule has 16 nitrogen and oxygen atoms in total. The number of urea groups is 1. The van der Waals surface area contributed by atoms with Gasteiger partial charge in [0.1, 0.15) is 18.2 Å². The molecule has 1 aromatic rings. The van der Waals surface area contributed by atoms with Gasteiger partial charge in [-0.25, -0.2) is 9.59 Å². The average Bonchev–Trinajstić information content (AvgIpc) is 3.65. The van der Waals surface area contributed by atoms with Crippen LogP contribution in [0.25, 0.3) is 0 Å². The highest BCUT2D eigenvalue weighted by atomic mass is 16.6. The van der Waals surface area contributed by atoms with Crippen LogP contribution < -0.4 is 21.3 Å². The lowest BCUT2D eigenvalue weighted by Crippen LogP contribution is -2.63. The SMILES string of the molecule is C=CCNC(=O)C(=O)C(CCC)NC(=O)[C@@H]1C[C@@H](OC(=O)N2CCc3ccccc3C2)CN1C(=O)[C@@H](NC(=O)N[C@H](CN1C(=O)CC(C)(C)CC1=O)C(C)(C)C)C1(C)CCCCC1. The van der Waals surface area contributed by atoms with Gasteiger partial charge in [0.15, 0.2) is 0 Å². The first-order chi connectivity index (χ1) is 29.7. The number of ketones is 1. The number of ether oxygens (including phenoxy) is 1. The van der Waals surface area contributed by atoms with E-state index in [0.29, 0.717) is 38.8 Å². The summed E-state index contributed by atoms with van der Waals surface area (Å²) >= 11 is 0. The van der Waals surface area contributed by atoms with Gasteiger partial charge in [0, 0.05) is 45.4 Å². The zero-order valence-electron chi connectivity index (χ0n) is 38.3. The van der Waals surface area contributed by atoms with E-state index >= 15 is 4.79 Å². The number of likely N-dealkylation sites (tertiary alicyclic amines) is 2. The number of benzene rings is 1. The first kappa shape index (κ1) is 48.7. The standard InChI is InChI=1S/C47H69N7O9/c1-9-16-33(38(57)41(59)48-22-10-2)49-40(58)34-24-32(63-44(62)52-23-19-30-17-12-13-18-31(30)27-52)28-53(34)42(60)39(47(8)20-14-11-15-21-47)51-43(61)50-35(45(3,4)5)29-54-36(55)25-46(6,7)26-37(54)56/h10,12-13,17-18,32-35,39H,2,9,11,14-16,19-29H2,1,3-8H3,(H,48,59)(H,49,58)(H2,50,51,61)/t32-,33?,34+,35-,39-/m1/s1. The first-order valence-electron chi connectivity index (χ1n) is 22.6. The van der Waals surface area contributed by atoms with Crippen LogP contribution in [0.5, 0.6) is 0 Å². The molecular weight excluding hydrogens is 807 g/mol. The minimum absolute atomic E-state index is 0.0478. The summed E-state index contributed by atoms with van der Waals surface area (Å²) in [6.45, 7) is 17.4. The number of rotatable bonds is 15. The molecule has 2 saturated heterocycles. The van der Waals surface area contributed by atoms with Crippen molar-refractivity contribution >= 4 is 47.4 Å². The highest BCUT2D eigenvalue weighted by Crippen LogP contribution is 2.41. The number of nitrogens with one attached hydrogen (secondary N) is 4. The Morgan fingerprint density at radius 3 is 2.21 bits per heavy atom. The number of fused-ring (bicyclic) bond motifs is 1. The average molecular weight is 876 g/mol. The third-order valence-corrected chi connectivity index (χ3v) is 13.1. The van der Waals surface area contributed by atoms with E-state index in [1.807, 2.05) is 72.7 Å². The van der Waals surface area contributed by atoms with Gasteiger partial charge in [-0.05, 0) is 53.1 Å². The lowest BCUT2D eigenvalue weighted by Gasteiger charge is -2.43. The fourth-order valence-corrected chi connectivity index (χ4v) is 9.29. The van der Waals surface area contributed by atoms with Crippen molar-refractivity contribution in [2.45, 2.75) is 156 Å². The van der Waals surface area contributed by atoms with Gasteiger partial charge in [0.25, 0.3) is 5.91 Å². The van der Waals surface area contributed by atoms with E-state index in [4.69, 9.17) is 4.74 Å². The molecule has 1 saturated carbocycles. The molecule has 1 unspecified atom stereocenters.